The molecule has 164 valence electrons. The second-order valence-corrected chi connectivity index (χ2v) is 8.99. The molecule has 3 heterocycles. The van der Waals surface area contributed by atoms with Crippen molar-refractivity contribution in [3.8, 4) is 11.3 Å². The number of amides is 1. The first-order chi connectivity index (χ1) is 15.5. The molecular weight excluding hydrogens is 453 g/mol. The topological polar surface area (TPSA) is 68.5 Å². The molecule has 1 aliphatic heterocycles. The van der Waals surface area contributed by atoms with Gasteiger partial charge < -0.3 is 9.26 Å². The molecular formula is C23H19ClFN3O3S. The van der Waals surface area contributed by atoms with Crippen LogP contribution in [0.5, 0.6) is 0 Å². The van der Waals surface area contributed by atoms with E-state index in [1.165, 1.54) is 17.4 Å². The minimum absolute atomic E-state index is 0.125. The first-order valence-electron chi connectivity index (χ1n) is 10.2. The van der Waals surface area contributed by atoms with Gasteiger partial charge in [0, 0.05) is 12.2 Å². The zero-order valence-corrected chi connectivity index (χ0v) is 18.8. The summed E-state index contributed by atoms with van der Waals surface area (Å²) in [5, 5.41) is 4.98. The minimum Gasteiger partial charge on any atom is -0.376 e. The molecule has 0 spiro atoms. The molecule has 1 aliphatic rings. The summed E-state index contributed by atoms with van der Waals surface area (Å²) in [7, 11) is 0. The Labute approximate surface area is 192 Å². The van der Waals surface area contributed by atoms with E-state index >= 15 is 0 Å². The number of hydrogen-bond acceptors (Lipinski definition) is 6. The van der Waals surface area contributed by atoms with Gasteiger partial charge in [-0.3, -0.25) is 9.69 Å². The van der Waals surface area contributed by atoms with Gasteiger partial charge in [0.25, 0.3) is 5.91 Å². The third kappa shape index (κ3) is 3.79. The SMILES string of the molecule is Cc1onc(-c2ccccc2Cl)c1C(=O)N(C[C@H]1CCCO1)c1nc2c(F)cccc2s1. The summed E-state index contributed by atoms with van der Waals surface area (Å²) in [6.45, 7) is 2.63. The third-order valence-electron chi connectivity index (χ3n) is 5.45. The third-order valence-corrected chi connectivity index (χ3v) is 6.82. The number of halogens is 2. The van der Waals surface area contributed by atoms with E-state index in [-0.39, 0.29) is 17.5 Å². The van der Waals surface area contributed by atoms with Crippen molar-refractivity contribution in [3.63, 3.8) is 0 Å². The van der Waals surface area contributed by atoms with E-state index in [4.69, 9.17) is 20.9 Å². The van der Waals surface area contributed by atoms with E-state index in [2.05, 4.69) is 10.1 Å². The Kier molecular flexibility index (Phi) is 5.67. The Morgan fingerprint density at radius 2 is 2.12 bits per heavy atom. The van der Waals surface area contributed by atoms with Gasteiger partial charge in [-0.2, -0.15) is 0 Å². The number of anilines is 1. The lowest BCUT2D eigenvalue weighted by Gasteiger charge is -2.23. The van der Waals surface area contributed by atoms with Crippen LogP contribution in [0.4, 0.5) is 9.52 Å². The molecule has 5 rings (SSSR count). The second kappa shape index (κ2) is 8.61. The van der Waals surface area contributed by atoms with Gasteiger partial charge in [-0.1, -0.05) is 52.4 Å². The lowest BCUT2D eigenvalue weighted by atomic mass is 10.0. The lowest BCUT2D eigenvalue weighted by molar-refractivity contribution is 0.0916. The number of aryl methyl sites for hydroxylation is 1. The number of ether oxygens (including phenoxy) is 1. The van der Waals surface area contributed by atoms with Crippen LogP contribution in [0.3, 0.4) is 0 Å². The number of para-hydroxylation sites is 1. The zero-order chi connectivity index (χ0) is 22.2. The normalized spacial score (nSPS) is 16.0. The van der Waals surface area contributed by atoms with Crippen LogP contribution in [-0.4, -0.2) is 35.3 Å². The van der Waals surface area contributed by atoms with Crippen LogP contribution in [0, 0.1) is 12.7 Å². The van der Waals surface area contributed by atoms with Crippen LogP contribution in [-0.2, 0) is 4.74 Å². The molecule has 0 radical (unpaired) electrons. The zero-order valence-electron chi connectivity index (χ0n) is 17.2. The largest absolute Gasteiger partial charge is 0.376 e. The van der Waals surface area contributed by atoms with Crippen molar-refractivity contribution in [1.82, 2.24) is 10.1 Å². The highest BCUT2D eigenvalue weighted by atomic mass is 35.5. The van der Waals surface area contributed by atoms with Gasteiger partial charge in [0.1, 0.15) is 28.4 Å². The van der Waals surface area contributed by atoms with E-state index in [0.29, 0.717) is 50.6 Å². The summed E-state index contributed by atoms with van der Waals surface area (Å²) in [6, 6.07) is 11.9. The fourth-order valence-corrected chi connectivity index (χ4v) is 5.07. The number of benzene rings is 2. The second-order valence-electron chi connectivity index (χ2n) is 7.58. The van der Waals surface area contributed by atoms with E-state index in [9.17, 15) is 9.18 Å². The molecule has 0 unspecified atom stereocenters. The standard InChI is InChI=1S/C23H19ClFN3O3S/c1-13-19(20(27-31-13)15-7-2-3-8-16(15)24)22(29)28(12-14-6-5-11-30-14)23-26-21-17(25)9-4-10-18(21)32-23/h2-4,7-10,14H,5-6,11-12H2,1H3/t14-/m1/s1. The van der Waals surface area contributed by atoms with Gasteiger partial charge in [-0.05, 0) is 38.0 Å². The summed E-state index contributed by atoms with van der Waals surface area (Å²) in [4.78, 5) is 19.9. The Balaban J connectivity index is 1.60. The molecule has 0 N–H and O–H groups in total. The van der Waals surface area contributed by atoms with Gasteiger partial charge in [0.05, 0.1) is 22.4 Å². The molecule has 4 aromatic rings. The highest BCUT2D eigenvalue weighted by molar-refractivity contribution is 7.22. The summed E-state index contributed by atoms with van der Waals surface area (Å²) < 4.78 is 26.2. The Bertz CT molecular complexity index is 1300. The average Bonchev–Trinajstić information content (AvgIpc) is 3.52. The summed E-state index contributed by atoms with van der Waals surface area (Å²) in [6.07, 6.45) is 1.64. The average molecular weight is 472 g/mol. The lowest BCUT2D eigenvalue weighted by Crippen LogP contribution is -2.37. The van der Waals surface area contributed by atoms with Crippen LogP contribution in [0.2, 0.25) is 5.02 Å². The van der Waals surface area contributed by atoms with Crippen LogP contribution in [0.15, 0.2) is 47.0 Å². The highest BCUT2D eigenvalue weighted by Crippen LogP contribution is 2.35. The Morgan fingerprint density at radius 1 is 1.28 bits per heavy atom. The molecule has 2 aromatic carbocycles. The van der Waals surface area contributed by atoms with E-state index in [1.54, 1.807) is 42.2 Å². The van der Waals surface area contributed by atoms with Crippen molar-refractivity contribution in [3.05, 3.63) is 64.6 Å². The first-order valence-corrected chi connectivity index (χ1v) is 11.4. The van der Waals surface area contributed by atoms with Crippen molar-refractivity contribution in [2.45, 2.75) is 25.9 Å². The number of nitrogens with zero attached hydrogens (tertiary/aromatic N) is 3. The number of aromatic nitrogens is 2. The van der Waals surface area contributed by atoms with E-state index in [0.717, 1.165) is 12.8 Å². The molecule has 2 aromatic heterocycles. The fourth-order valence-electron chi connectivity index (χ4n) is 3.85. The Hall–Kier alpha value is -2.81. The van der Waals surface area contributed by atoms with Crippen LogP contribution in [0.1, 0.15) is 29.0 Å². The first kappa shape index (κ1) is 21.1. The number of thiazole rings is 1. The molecule has 1 fully saturated rings. The molecule has 1 saturated heterocycles. The molecule has 9 heteroatoms. The molecule has 1 amide bonds. The van der Waals surface area contributed by atoms with Gasteiger partial charge in [0.2, 0.25) is 0 Å². The maximum absolute atomic E-state index is 14.3. The maximum Gasteiger partial charge on any atom is 0.266 e. The van der Waals surface area contributed by atoms with Crippen molar-refractivity contribution in [2.75, 3.05) is 18.1 Å². The van der Waals surface area contributed by atoms with Crippen molar-refractivity contribution in [1.29, 1.82) is 0 Å². The van der Waals surface area contributed by atoms with Gasteiger partial charge in [-0.25, -0.2) is 9.37 Å². The summed E-state index contributed by atoms with van der Waals surface area (Å²) in [5.41, 5.74) is 1.51. The number of hydrogen-bond donors (Lipinski definition) is 0. The molecule has 32 heavy (non-hydrogen) atoms. The quantitative estimate of drug-likeness (QED) is 0.363. The smallest absolute Gasteiger partial charge is 0.266 e. The fraction of sp³-hybridized carbons (Fsp3) is 0.261. The predicted molar refractivity (Wildman–Crippen MR) is 122 cm³/mol. The molecule has 0 saturated carbocycles. The maximum atomic E-state index is 14.3. The molecule has 6 nitrogen and oxygen atoms in total. The molecule has 0 bridgehead atoms. The van der Waals surface area contributed by atoms with Crippen molar-refractivity contribution < 1.29 is 18.4 Å². The minimum atomic E-state index is -0.424. The number of carbonyl (C=O) groups excluding carboxylic acids is 1. The number of carbonyl (C=O) groups is 1. The molecule has 1 atom stereocenters. The summed E-state index contributed by atoms with van der Waals surface area (Å²) in [5.74, 6) is -0.393. The highest BCUT2D eigenvalue weighted by Gasteiger charge is 2.32. The monoisotopic (exact) mass is 471 g/mol. The van der Waals surface area contributed by atoms with Crippen LogP contribution in [0.25, 0.3) is 21.5 Å². The van der Waals surface area contributed by atoms with E-state index < -0.39 is 5.82 Å². The van der Waals surface area contributed by atoms with Gasteiger partial charge in [-0.15, -0.1) is 0 Å². The van der Waals surface area contributed by atoms with Crippen molar-refractivity contribution >= 4 is 44.2 Å². The number of rotatable bonds is 5. The van der Waals surface area contributed by atoms with Crippen LogP contribution >= 0.6 is 22.9 Å². The van der Waals surface area contributed by atoms with Crippen LogP contribution < -0.4 is 4.90 Å². The Morgan fingerprint density at radius 3 is 2.88 bits per heavy atom. The molecule has 0 aliphatic carbocycles. The number of fused-ring (bicyclic) bond motifs is 1. The van der Waals surface area contributed by atoms with Crippen molar-refractivity contribution in [2.24, 2.45) is 0 Å². The summed E-state index contributed by atoms with van der Waals surface area (Å²) >= 11 is 7.63. The van der Waals surface area contributed by atoms with Gasteiger partial charge in [0.15, 0.2) is 5.13 Å². The van der Waals surface area contributed by atoms with E-state index in [1.807, 2.05) is 6.07 Å². The van der Waals surface area contributed by atoms with Gasteiger partial charge >= 0.3 is 0 Å². The predicted octanol–water partition coefficient (Wildman–Crippen LogP) is 5.88.